The Morgan fingerprint density at radius 2 is 1.09 bits per heavy atom. The molecular weight excluding hydrogens is 912 g/mol. The van der Waals surface area contributed by atoms with E-state index in [0.29, 0.717) is 57.6 Å². The van der Waals surface area contributed by atoms with Gasteiger partial charge in [-0.15, -0.1) is 12.4 Å². The van der Waals surface area contributed by atoms with Crippen LogP contribution in [-0.4, -0.2) is 103 Å². The molecule has 22 heteroatoms. The first-order valence-electron chi connectivity index (χ1n) is 20.5. The Labute approximate surface area is 393 Å². The molecular formula is C46H47ClF4N12O5. The van der Waals surface area contributed by atoms with Crippen LogP contribution in [0.4, 0.5) is 17.6 Å². The lowest BCUT2D eigenvalue weighted by atomic mass is 9.83. The maximum Gasteiger partial charge on any atom is 0.266 e. The van der Waals surface area contributed by atoms with Gasteiger partial charge in [0.05, 0.1) is 31.0 Å². The fraction of sp³-hybridized carbons (Fsp3) is 0.217. The Hall–Kier alpha value is -7.75. The molecule has 17 nitrogen and oxygen atoms in total. The van der Waals surface area contributed by atoms with Gasteiger partial charge in [0, 0.05) is 74.2 Å². The van der Waals surface area contributed by atoms with Crippen LogP contribution in [0.3, 0.4) is 0 Å². The number of carbonyl (C=O) groups is 3. The van der Waals surface area contributed by atoms with Crippen LogP contribution in [0.25, 0.3) is 22.3 Å². The van der Waals surface area contributed by atoms with E-state index in [1.807, 2.05) is 0 Å². The average Bonchev–Trinajstić information content (AvgIpc) is 4.08. The van der Waals surface area contributed by atoms with Crippen molar-refractivity contribution in [3.63, 3.8) is 0 Å². The summed E-state index contributed by atoms with van der Waals surface area (Å²) in [6, 6.07) is 23.2. The highest BCUT2D eigenvalue weighted by Gasteiger charge is 2.51. The Kier molecular flexibility index (Phi) is 16.7. The molecule has 2 aliphatic rings. The van der Waals surface area contributed by atoms with Crippen molar-refractivity contribution in [1.29, 1.82) is 0 Å². The molecule has 0 saturated heterocycles. The topological polar surface area (TPSA) is 249 Å². The van der Waals surface area contributed by atoms with Gasteiger partial charge in [-0.05, 0) is 83.6 Å². The molecule has 0 saturated carbocycles. The number of hydrogen-bond acceptors (Lipinski definition) is 13. The van der Waals surface area contributed by atoms with Crippen molar-refractivity contribution in [2.75, 3.05) is 27.4 Å². The summed E-state index contributed by atoms with van der Waals surface area (Å²) in [5.41, 5.74) is 13.1. The molecule has 2 amide bonds. The van der Waals surface area contributed by atoms with Crippen LogP contribution < -0.4 is 17.4 Å². The quantitative estimate of drug-likeness (QED) is 0.0228. The normalized spacial score (nSPS) is 17.5. The number of amides is 2. The molecule has 0 spiro atoms. The minimum Gasteiger partial charge on any atom is -0.411 e. The lowest BCUT2D eigenvalue weighted by Gasteiger charge is -2.25. The van der Waals surface area contributed by atoms with Gasteiger partial charge in [0.2, 0.25) is 11.9 Å². The number of rotatable bonds is 14. The minimum absolute atomic E-state index is 0. The van der Waals surface area contributed by atoms with Crippen LogP contribution in [0.15, 0.2) is 125 Å². The van der Waals surface area contributed by atoms with Crippen LogP contribution in [0.2, 0.25) is 0 Å². The Morgan fingerprint density at radius 1 is 0.662 bits per heavy atom. The summed E-state index contributed by atoms with van der Waals surface area (Å²) in [5, 5.41) is 18.6. The highest BCUT2D eigenvalue weighted by molar-refractivity contribution is 6.10. The van der Waals surface area contributed by atoms with Gasteiger partial charge < -0.3 is 31.0 Å². The van der Waals surface area contributed by atoms with Gasteiger partial charge in [0.25, 0.3) is 11.8 Å². The second-order valence-electron chi connectivity index (χ2n) is 15.1. The molecule has 0 radical (unpaired) electrons. The van der Waals surface area contributed by atoms with Gasteiger partial charge in [0.1, 0.15) is 0 Å². The van der Waals surface area contributed by atoms with E-state index in [0.717, 1.165) is 0 Å². The molecule has 8 N–H and O–H groups in total. The molecule has 0 aliphatic carbocycles. The number of oxime groups is 1. The summed E-state index contributed by atoms with van der Waals surface area (Å²) >= 11 is 0. The summed E-state index contributed by atoms with van der Waals surface area (Å²) in [4.78, 5) is 57.5. The summed E-state index contributed by atoms with van der Waals surface area (Å²) in [6.07, 6.45) is 8.29. The first-order chi connectivity index (χ1) is 32.3. The Bertz CT molecular complexity index is 2870. The van der Waals surface area contributed by atoms with E-state index >= 15 is 0 Å². The largest absolute Gasteiger partial charge is 0.411 e. The molecule has 6 aromatic rings. The second-order valence-corrected chi connectivity index (χ2v) is 15.1. The highest BCUT2D eigenvalue weighted by atomic mass is 35.5. The number of aliphatic imine (C=N–C) groups is 2. The fourth-order valence-corrected chi connectivity index (χ4v) is 7.95. The van der Waals surface area contributed by atoms with Crippen molar-refractivity contribution in [3.05, 3.63) is 155 Å². The third kappa shape index (κ3) is 9.57. The lowest BCUT2D eigenvalue weighted by molar-refractivity contribution is -0.130. The van der Waals surface area contributed by atoms with Crippen LogP contribution in [0, 0.1) is 11.9 Å². The first-order valence-corrected chi connectivity index (χ1v) is 20.5. The van der Waals surface area contributed by atoms with E-state index < -0.39 is 48.1 Å². The zero-order chi connectivity index (χ0) is 48.5. The molecule has 4 aromatic heterocycles. The predicted molar refractivity (Wildman–Crippen MR) is 248 cm³/mol. The van der Waals surface area contributed by atoms with Crippen molar-refractivity contribution < 1.29 is 42.4 Å². The van der Waals surface area contributed by atoms with Gasteiger partial charge in [-0.3, -0.25) is 33.0 Å². The van der Waals surface area contributed by atoms with Crippen LogP contribution >= 0.6 is 12.4 Å². The summed E-state index contributed by atoms with van der Waals surface area (Å²) in [5.74, 6) is 1.43. The zero-order valence-corrected chi connectivity index (χ0v) is 37.4. The first kappa shape index (κ1) is 51.2. The molecule has 8 rings (SSSR count). The van der Waals surface area contributed by atoms with Crippen molar-refractivity contribution in [1.82, 2.24) is 28.9 Å². The minimum atomic E-state index is -1.56. The van der Waals surface area contributed by atoms with E-state index in [1.54, 1.807) is 106 Å². The van der Waals surface area contributed by atoms with Gasteiger partial charge in [0.15, 0.2) is 29.3 Å². The third-order valence-electron chi connectivity index (χ3n) is 11.3. The number of nitrogens with two attached hydrogens (primary N) is 3. The van der Waals surface area contributed by atoms with Crippen LogP contribution in [-0.2, 0) is 33.8 Å². The number of nitrogens with zero attached hydrogens (tertiary/aromatic N) is 9. The number of aldehydes is 1. The number of aromatic nitrogens is 4. The Morgan fingerprint density at radius 3 is 1.46 bits per heavy atom. The van der Waals surface area contributed by atoms with E-state index in [2.05, 4.69) is 31.0 Å². The molecule has 2 aromatic carbocycles. The lowest BCUT2D eigenvalue weighted by Crippen LogP contribution is -2.41. The summed E-state index contributed by atoms with van der Waals surface area (Å²) in [6.45, 7) is -0.495. The van der Waals surface area contributed by atoms with Crippen molar-refractivity contribution in [3.8, 4) is 22.3 Å². The molecule has 356 valence electrons. The standard InChI is InChI=1S/C23H22F2N6O2.C23H21F2N5O2.ClH.H3NO/c1-30-21(32)23(29-22(30)26,17-12-18(13-28-33)31(14-17)10-4-8-24)16-6-2-5-15(11-16)19-7-3-9-27-20(19)25;1-29-21(32)23(28-22(29)26,17-12-18(14-31)30(13-17)10-4-8-24)16-6-2-5-15(11-16)19-7-3-9-27-20(19)25;;1-2/h2-3,5-7,9,11-14,33H,4,8,10H2,1H3,(H2,26,29);2-3,5-7,9,11-14H,4,8,10H2,1H3,(H2,26,28);1H;2H,1H2/b28-13+;;;. The van der Waals surface area contributed by atoms with Crippen molar-refractivity contribution in [2.24, 2.45) is 32.5 Å². The third-order valence-corrected chi connectivity index (χ3v) is 11.3. The number of alkyl halides is 2. The number of aryl methyl sites for hydroxylation is 2. The SMILES string of the molecule is CN1C(=O)C(c2cccc(-c3cccnc3F)c2)(c2cc(/C=N/O)n(CCCF)c2)N=C1N.CN1C(=O)C(c2cccc(-c3cccnc3F)c2)(c2cc(C=O)n(CCCF)c2)N=C1N.Cl.NO. The van der Waals surface area contributed by atoms with Crippen LogP contribution in [0.5, 0.6) is 0 Å². The molecule has 6 heterocycles. The number of pyridine rings is 2. The van der Waals surface area contributed by atoms with Gasteiger partial charge in [-0.1, -0.05) is 41.6 Å². The summed E-state index contributed by atoms with van der Waals surface area (Å²) < 4.78 is 57.5. The van der Waals surface area contributed by atoms with E-state index in [4.69, 9.17) is 21.9 Å². The van der Waals surface area contributed by atoms with Crippen molar-refractivity contribution in [2.45, 2.75) is 37.0 Å². The van der Waals surface area contributed by atoms with Gasteiger partial charge in [-0.25, -0.2) is 25.8 Å². The average molecular weight is 959 g/mol. The summed E-state index contributed by atoms with van der Waals surface area (Å²) in [7, 11) is 3.03. The maximum atomic E-state index is 14.4. The van der Waals surface area contributed by atoms with Crippen LogP contribution in [0.1, 0.15) is 51.3 Å². The monoisotopic (exact) mass is 958 g/mol. The Balaban J connectivity index is 0.000000242. The zero-order valence-electron chi connectivity index (χ0n) is 36.6. The fourth-order valence-electron chi connectivity index (χ4n) is 7.95. The number of benzene rings is 2. The highest BCUT2D eigenvalue weighted by Crippen LogP contribution is 2.43. The number of guanidine groups is 2. The number of halogens is 5. The van der Waals surface area contributed by atoms with E-state index in [9.17, 15) is 31.9 Å². The molecule has 2 aliphatic heterocycles. The van der Waals surface area contributed by atoms with E-state index in [1.165, 1.54) is 42.5 Å². The molecule has 0 fully saturated rings. The molecule has 2 unspecified atom stereocenters. The van der Waals surface area contributed by atoms with Gasteiger partial charge >= 0.3 is 0 Å². The second kappa shape index (κ2) is 22.2. The predicted octanol–water partition coefficient (Wildman–Crippen LogP) is 5.53. The van der Waals surface area contributed by atoms with E-state index in [-0.39, 0.29) is 54.8 Å². The molecule has 68 heavy (non-hydrogen) atoms. The molecule has 0 bridgehead atoms. The number of hydrogen-bond donors (Lipinski definition) is 5. The smallest absolute Gasteiger partial charge is 0.266 e. The molecule has 2 atom stereocenters. The number of likely N-dealkylation sites (N-methyl/N-ethyl adjacent to an activating group) is 2. The van der Waals surface area contributed by atoms with Crippen molar-refractivity contribution >= 4 is 48.6 Å². The number of carbonyl (C=O) groups excluding carboxylic acids is 3. The van der Waals surface area contributed by atoms with Gasteiger partial charge in [-0.2, -0.15) is 8.78 Å². The maximum absolute atomic E-state index is 14.4.